The summed E-state index contributed by atoms with van der Waals surface area (Å²) < 4.78 is 7.26. The van der Waals surface area contributed by atoms with Crippen LogP contribution >= 0.6 is 11.8 Å². The Morgan fingerprint density at radius 3 is 2.59 bits per heavy atom. The lowest BCUT2D eigenvalue weighted by molar-refractivity contribution is -0.384. The zero-order valence-electron chi connectivity index (χ0n) is 19.6. The summed E-state index contributed by atoms with van der Waals surface area (Å²) in [6.45, 7) is 2.68. The van der Waals surface area contributed by atoms with Crippen molar-refractivity contribution >= 4 is 29.0 Å². The number of hydrogen-bond acceptors (Lipinski definition) is 8. The molecule has 1 atom stereocenters. The molecule has 0 radical (unpaired) electrons. The predicted octanol–water partition coefficient (Wildman–Crippen LogP) is 3.99. The van der Waals surface area contributed by atoms with Gasteiger partial charge in [0.25, 0.3) is 5.69 Å². The fourth-order valence-corrected chi connectivity index (χ4v) is 4.32. The molecule has 0 saturated heterocycles. The topological polar surface area (TPSA) is 115 Å². The molecule has 180 valence electrons. The molecule has 0 fully saturated rings. The zero-order chi connectivity index (χ0) is 24.7. The molecule has 2 aromatic carbocycles. The Labute approximate surface area is 202 Å². The number of nitrogens with one attached hydrogen (secondary N) is 1. The van der Waals surface area contributed by atoms with E-state index in [1.165, 1.54) is 37.1 Å². The summed E-state index contributed by atoms with van der Waals surface area (Å²) in [7, 11) is 5.44. The van der Waals surface area contributed by atoms with Crippen molar-refractivity contribution in [2.45, 2.75) is 31.1 Å². The number of methoxy groups -OCH3 is 1. The van der Waals surface area contributed by atoms with Gasteiger partial charge in [0.2, 0.25) is 5.91 Å². The highest BCUT2D eigenvalue weighted by molar-refractivity contribution is 7.99. The van der Waals surface area contributed by atoms with Crippen molar-refractivity contribution in [3.05, 3.63) is 70.0 Å². The van der Waals surface area contributed by atoms with E-state index in [1.807, 2.05) is 49.0 Å². The third-order valence-corrected chi connectivity index (χ3v) is 6.20. The van der Waals surface area contributed by atoms with Crippen molar-refractivity contribution in [3.63, 3.8) is 0 Å². The van der Waals surface area contributed by atoms with E-state index in [4.69, 9.17) is 4.74 Å². The largest absolute Gasteiger partial charge is 0.495 e. The maximum Gasteiger partial charge on any atom is 0.271 e. The van der Waals surface area contributed by atoms with Gasteiger partial charge in [0.15, 0.2) is 11.0 Å². The van der Waals surface area contributed by atoms with Crippen LogP contribution in [0.25, 0.3) is 0 Å². The van der Waals surface area contributed by atoms with Crippen LogP contribution in [0.3, 0.4) is 0 Å². The molecule has 0 aliphatic rings. The maximum absolute atomic E-state index is 12.7. The second-order valence-corrected chi connectivity index (χ2v) is 8.72. The molecule has 1 aromatic heterocycles. The van der Waals surface area contributed by atoms with Crippen LogP contribution in [0.5, 0.6) is 5.75 Å². The highest BCUT2D eigenvalue weighted by Crippen LogP contribution is 2.30. The van der Waals surface area contributed by atoms with Crippen LogP contribution in [-0.4, -0.2) is 57.5 Å². The van der Waals surface area contributed by atoms with Crippen LogP contribution in [0.4, 0.5) is 11.4 Å². The molecule has 0 unspecified atom stereocenters. The van der Waals surface area contributed by atoms with Crippen LogP contribution < -0.4 is 10.1 Å². The predicted molar refractivity (Wildman–Crippen MR) is 131 cm³/mol. The molecule has 1 N–H and O–H groups in total. The molecular weight excluding hydrogens is 456 g/mol. The third-order valence-electron chi connectivity index (χ3n) is 5.24. The second kappa shape index (κ2) is 11.6. The van der Waals surface area contributed by atoms with Crippen LogP contribution in [-0.2, 0) is 11.3 Å². The summed E-state index contributed by atoms with van der Waals surface area (Å²) in [5, 5.41) is 23.2. The van der Waals surface area contributed by atoms with Gasteiger partial charge >= 0.3 is 0 Å². The smallest absolute Gasteiger partial charge is 0.271 e. The Kier molecular flexibility index (Phi) is 8.61. The molecule has 0 saturated carbocycles. The molecule has 0 spiro atoms. The van der Waals surface area contributed by atoms with Gasteiger partial charge in [-0.3, -0.25) is 19.8 Å². The number of nitro groups is 1. The van der Waals surface area contributed by atoms with Gasteiger partial charge in [0.1, 0.15) is 5.75 Å². The maximum atomic E-state index is 12.7. The highest BCUT2D eigenvalue weighted by Gasteiger charge is 2.23. The number of ether oxygens (including phenoxy) is 1. The van der Waals surface area contributed by atoms with Crippen LogP contribution in [0.2, 0.25) is 0 Å². The number of benzene rings is 2. The van der Waals surface area contributed by atoms with Crippen molar-refractivity contribution in [2.24, 2.45) is 0 Å². The monoisotopic (exact) mass is 484 g/mol. The number of non-ortho nitro benzene ring substituents is 1. The molecule has 3 rings (SSSR count). The number of amides is 1. The van der Waals surface area contributed by atoms with Crippen molar-refractivity contribution in [2.75, 3.05) is 32.3 Å². The summed E-state index contributed by atoms with van der Waals surface area (Å²) in [6.07, 6.45) is 0.859. The van der Waals surface area contributed by atoms with Gasteiger partial charge in [-0.2, -0.15) is 0 Å². The van der Waals surface area contributed by atoms with E-state index in [0.29, 0.717) is 17.5 Å². The van der Waals surface area contributed by atoms with Crippen LogP contribution in [0, 0.1) is 10.1 Å². The SMILES string of the molecule is CC[C@@H](c1nnc(SCC(=O)Nc2cc([N+](=O)[O-])ccc2OC)n1Cc1ccccc1)N(C)C. The standard InChI is InChI=1S/C23H28N6O4S/c1-5-19(27(2)3)22-25-26-23(28(22)14-16-9-7-6-8-10-16)34-15-21(30)24-18-13-17(29(31)32)11-12-20(18)33-4/h6-13,19H,5,14-15H2,1-4H3,(H,24,30)/t19-/m0/s1. The van der Waals surface area contributed by atoms with Gasteiger partial charge in [-0.1, -0.05) is 49.0 Å². The van der Waals surface area contributed by atoms with Crippen molar-refractivity contribution in [1.29, 1.82) is 0 Å². The van der Waals surface area contributed by atoms with Gasteiger partial charge in [0, 0.05) is 12.1 Å². The van der Waals surface area contributed by atoms with Crippen LogP contribution in [0.1, 0.15) is 30.8 Å². The van der Waals surface area contributed by atoms with Gasteiger partial charge in [-0.25, -0.2) is 0 Å². The van der Waals surface area contributed by atoms with Crippen molar-refractivity contribution < 1.29 is 14.5 Å². The van der Waals surface area contributed by atoms with Gasteiger partial charge in [-0.15, -0.1) is 10.2 Å². The molecule has 0 aliphatic heterocycles. The van der Waals surface area contributed by atoms with E-state index < -0.39 is 4.92 Å². The number of nitrogens with zero attached hydrogens (tertiary/aromatic N) is 5. The fourth-order valence-electron chi connectivity index (χ4n) is 3.57. The summed E-state index contributed by atoms with van der Waals surface area (Å²) in [6, 6.07) is 14.1. The molecular formula is C23H28N6O4S. The van der Waals surface area contributed by atoms with E-state index in [0.717, 1.165) is 17.8 Å². The molecule has 10 nitrogen and oxygen atoms in total. The summed E-state index contributed by atoms with van der Waals surface area (Å²) >= 11 is 1.26. The second-order valence-electron chi connectivity index (χ2n) is 7.78. The van der Waals surface area contributed by atoms with Crippen molar-refractivity contribution in [3.8, 4) is 5.75 Å². The lowest BCUT2D eigenvalue weighted by Gasteiger charge is -2.23. The number of rotatable bonds is 11. The summed E-state index contributed by atoms with van der Waals surface area (Å²) in [5.41, 5.74) is 1.21. The Balaban J connectivity index is 1.80. The molecule has 34 heavy (non-hydrogen) atoms. The van der Waals surface area contributed by atoms with Gasteiger partial charge in [0.05, 0.1) is 36.1 Å². The lowest BCUT2D eigenvalue weighted by Crippen LogP contribution is -2.23. The average Bonchev–Trinajstić information content (AvgIpc) is 3.20. The first-order valence-electron chi connectivity index (χ1n) is 10.7. The number of hydrogen-bond donors (Lipinski definition) is 1. The molecule has 3 aromatic rings. The number of aromatic nitrogens is 3. The lowest BCUT2D eigenvalue weighted by atomic mass is 10.2. The number of thioether (sulfide) groups is 1. The van der Waals surface area contributed by atoms with E-state index in [1.54, 1.807) is 0 Å². The average molecular weight is 485 g/mol. The Morgan fingerprint density at radius 1 is 1.24 bits per heavy atom. The molecule has 0 bridgehead atoms. The molecule has 11 heteroatoms. The highest BCUT2D eigenvalue weighted by atomic mass is 32.2. The number of carbonyl (C=O) groups excluding carboxylic acids is 1. The number of anilines is 1. The number of nitro benzene ring substituents is 1. The van der Waals surface area contributed by atoms with E-state index in [2.05, 4.69) is 27.3 Å². The quantitative estimate of drug-likeness (QED) is 0.247. The third kappa shape index (κ3) is 6.12. The van der Waals surface area contributed by atoms with E-state index in [-0.39, 0.29) is 29.1 Å². The first kappa shape index (κ1) is 25.2. The molecule has 1 heterocycles. The van der Waals surface area contributed by atoms with E-state index in [9.17, 15) is 14.9 Å². The van der Waals surface area contributed by atoms with Gasteiger partial charge in [-0.05, 0) is 32.1 Å². The van der Waals surface area contributed by atoms with E-state index >= 15 is 0 Å². The Morgan fingerprint density at radius 2 is 1.97 bits per heavy atom. The normalized spacial score (nSPS) is 11.9. The van der Waals surface area contributed by atoms with Crippen LogP contribution in [0.15, 0.2) is 53.7 Å². The van der Waals surface area contributed by atoms with Crippen molar-refractivity contribution in [1.82, 2.24) is 19.7 Å². The first-order chi connectivity index (χ1) is 16.3. The fraction of sp³-hybridized carbons (Fsp3) is 0.348. The summed E-state index contributed by atoms with van der Waals surface area (Å²) in [5.74, 6) is 0.895. The Bertz CT molecular complexity index is 1140. The molecule has 1 amide bonds. The minimum atomic E-state index is -0.521. The minimum Gasteiger partial charge on any atom is -0.495 e. The number of carbonyl (C=O) groups is 1. The summed E-state index contributed by atoms with van der Waals surface area (Å²) in [4.78, 5) is 25.4. The zero-order valence-corrected chi connectivity index (χ0v) is 20.4. The van der Waals surface area contributed by atoms with Gasteiger partial charge < -0.3 is 14.6 Å². The first-order valence-corrected chi connectivity index (χ1v) is 11.7. The minimum absolute atomic E-state index is 0.0531. The molecule has 0 aliphatic carbocycles. The Hall–Kier alpha value is -3.44.